The number of alkyl carbamates (subject to hydrolysis) is 1. The normalized spacial score (nSPS) is 19.2. The Morgan fingerprint density at radius 1 is 0.586 bits per heavy atom. The predicted molar refractivity (Wildman–Crippen MR) is 328 cm³/mol. The number of benzene rings is 5. The third-order valence-electron chi connectivity index (χ3n) is 14.2. The first-order chi connectivity index (χ1) is 41.4. The van der Waals surface area contributed by atoms with Crippen LogP contribution in [0.4, 0.5) is 9.59 Å². The molecule has 2 unspecified atom stereocenters. The molecule has 1 fully saturated rings. The largest absolute Gasteiger partial charge is 0.514 e. The second-order valence-corrected chi connectivity index (χ2v) is 23.6. The van der Waals surface area contributed by atoms with Crippen molar-refractivity contribution >= 4 is 69.5 Å². The van der Waals surface area contributed by atoms with Crippen molar-refractivity contribution < 1.29 is 62.1 Å². The summed E-state index contributed by atoms with van der Waals surface area (Å²) < 4.78 is 23.3. The lowest BCUT2D eigenvalue weighted by atomic mass is 9.96. The number of carbonyl (C=O) groups is 9. The fourth-order valence-electron chi connectivity index (χ4n) is 9.17. The molecule has 464 valence electrons. The maximum atomic E-state index is 14.9. The number of ether oxygens (including phenoxy) is 4. The fourth-order valence-corrected chi connectivity index (χ4v) is 9.43. The molecule has 8 amide bonds. The number of hydrogen-bond acceptors (Lipinski definition) is 13. The molecular weight excluding hydrogens is 1180 g/mol. The van der Waals surface area contributed by atoms with Gasteiger partial charge in [0.1, 0.15) is 60.3 Å². The summed E-state index contributed by atoms with van der Waals surface area (Å²) in [7, 11) is 0. The van der Waals surface area contributed by atoms with Gasteiger partial charge in [0.25, 0.3) is 0 Å². The SMILES string of the molecule is CC[C@H](C)[C@@H]1NC(=O)[C@@H](NC(=O)[C@@H](NC(=O)[C@H](Cc2ccccc2)NC(=O)OC(C)(C)C)C(C)C)CNC(=O)[C@H](Cc2ccc(OC(=O)OCc3ccc(Br)cc3)cc2)NC(=O)C([C@@H](C)OCc2ccccc2)NC(=O)C(Cc2ccccc2)NC1=O. The monoisotopic (exact) mass is 1260 g/mol. The highest BCUT2D eigenvalue weighted by atomic mass is 79.9. The number of rotatable bonds is 21. The molecule has 1 aliphatic rings. The maximum absolute atomic E-state index is 14.9. The summed E-state index contributed by atoms with van der Waals surface area (Å²) in [6.45, 7) is 12.8. The van der Waals surface area contributed by atoms with Crippen molar-refractivity contribution in [3.63, 3.8) is 0 Å². The first kappa shape index (κ1) is 67.5. The van der Waals surface area contributed by atoms with Gasteiger partial charge < -0.3 is 61.5 Å². The number of hydrogen-bond donors (Lipinski definition) is 8. The summed E-state index contributed by atoms with van der Waals surface area (Å²) in [5, 5.41) is 22.0. The zero-order chi connectivity index (χ0) is 63.2. The topological polar surface area (TPSA) is 287 Å². The third-order valence-corrected chi connectivity index (χ3v) is 14.8. The lowest BCUT2D eigenvalue weighted by Gasteiger charge is -2.32. The van der Waals surface area contributed by atoms with Crippen molar-refractivity contribution in [2.45, 2.75) is 148 Å². The summed E-state index contributed by atoms with van der Waals surface area (Å²) in [6, 6.07) is 30.3. The second kappa shape index (κ2) is 32.8. The number of halogens is 1. The molecule has 5 aromatic carbocycles. The van der Waals surface area contributed by atoms with Gasteiger partial charge in [-0.3, -0.25) is 33.6 Å². The smallest absolute Gasteiger partial charge is 0.444 e. The summed E-state index contributed by atoms with van der Waals surface area (Å²) in [6.07, 6.45) is -2.78. The number of nitrogens with one attached hydrogen (secondary N) is 8. The van der Waals surface area contributed by atoms with Crippen molar-refractivity contribution in [1.82, 2.24) is 42.5 Å². The van der Waals surface area contributed by atoms with Gasteiger partial charge in [-0.1, -0.05) is 165 Å². The molecule has 22 heteroatoms. The minimum absolute atomic E-state index is 0.0147. The Labute approximate surface area is 516 Å². The highest BCUT2D eigenvalue weighted by Crippen LogP contribution is 2.19. The van der Waals surface area contributed by atoms with E-state index in [1.54, 1.807) is 152 Å². The molecule has 87 heavy (non-hydrogen) atoms. The van der Waals surface area contributed by atoms with E-state index in [2.05, 4.69) is 58.5 Å². The van der Waals surface area contributed by atoms with E-state index in [0.717, 1.165) is 15.6 Å². The fraction of sp³-hybridized carbons (Fsp3) is 0.400. The molecular formula is C65H79BrN8O13. The molecule has 5 aromatic rings. The van der Waals surface area contributed by atoms with Crippen LogP contribution < -0.4 is 47.3 Å². The van der Waals surface area contributed by atoms with Crippen LogP contribution in [0.25, 0.3) is 0 Å². The van der Waals surface area contributed by atoms with E-state index in [1.807, 2.05) is 30.3 Å². The lowest BCUT2D eigenvalue weighted by Crippen LogP contribution is -2.65. The van der Waals surface area contributed by atoms with Crippen molar-refractivity contribution in [3.05, 3.63) is 172 Å². The van der Waals surface area contributed by atoms with Crippen molar-refractivity contribution in [1.29, 1.82) is 0 Å². The zero-order valence-electron chi connectivity index (χ0n) is 50.2. The van der Waals surface area contributed by atoms with Crippen LogP contribution in [0.3, 0.4) is 0 Å². The van der Waals surface area contributed by atoms with Crippen molar-refractivity contribution in [2.75, 3.05) is 6.54 Å². The molecule has 0 radical (unpaired) electrons. The molecule has 21 nitrogen and oxygen atoms in total. The van der Waals surface area contributed by atoms with Crippen LogP contribution in [0.1, 0.15) is 89.6 Å². The Morgan fingerprint density at radius 3 is 1.68 bits per heavy atom. The van der Waals surface area contributed by atoms with E-state index >= 15 is 0 Å². The quantitative estimate of drug-likeness (QED) is 0.0291. The van der Waals surface area contributed by atoms with Crippen LogP contribution in [0, 0.1) is 11.8 Å². The predicted octanol–water partition coefficient (Wildman–Crippen LogP) is 6.43. The lowest BCUT2D eigenvalue weighted by molar-refractivity contribution is -0.138. The van der Waals surface area contributed by atoms with E-state index in [0.29, 0.717) is 23.1 Å². The Hall–Kier alpha value is -8.63. The van der Waals surface area contributed by atoms with Gasteiger partial charge in [-0.15, -0.1) is 0 Å². The standard InChI is InChI=1S/C65H79BrN8O13/c1-9-40(4)54-61(80)69-50(33-42-19-13-10-14-20-42)57(76)74-55(41(5)84-37-45-23-17-12-18-24-45)62(81)68-49(35-44-27-31-48(32-28-44)86-64(83)85-38-46-25-29-47(66)30-26-46)56(75)67-36-52(59(78)73-54)70-60(79)53(39(2)3)72-58(77)51(34-43-21-15-11-16-22-43)71-63(82)87-65(6,7)8/h10-32,39-41,49-55H,9,33-38H2,1-8H3,(H,67,75)(H,68,81)(H,69,80)(H,70,79)(H,71,82)(H,72,77)(H,73,78)(H,74,76)/t40-,41+,49-,50?,51-,52-,53-,54-,55?/m0/s1. The van der Waals surface area contributed by atoms with E-state index in [-0.39, 0.29) is 38.2 Å². The Balaban J connectivity index is 1.35. The second-order valence-electron chi connectivity index (χ2n) is 22.7. The van der Waals surface area contributed by atoms with E-state index < -0.39 is 126 Å². The van der Waals surface area contributed by atoms with Gasteiger partial charge in [-0.2, -0.15) is 0 Å². The van der Waals surface area contributed by atoms with Crippen LogP contribution in [0.5, 0.6) is 5.75 Å². The van der Waals surface area contributed by atoms with Crippen LogP contribution in [-0.2, 0) is 80.2 Å². The number of amides is 8. The summed E-state index contributed by atoms with van der Waals surface area (Å²) in [5.41, 5.74) is 2.39. The summed E-state index contributed by atoms with van der Waals surface area (Å²) in [4.78, 5) is 129. The molecule has 0 bridgehead atoms. The molecule has 0 saturated carbocycles. The maximum Gasteiger partial charge on any atom is 0.514 e. The van der Waals surface area contributed by atoms with Crippen LogP contribution >= 0.6 is 15.9 Å². The molecule has 0 aliphatic carbocycles. The van der Waals surface area contributed by atoms with Crippen LogP contribution in [-0.4, -0.2) is 114 Å². The third kappa shape index (κ3) is 22.0. The van der Waals surface area contributed by atoms with Gasteiger partial charge in [-0.25, -0.2) is 9.59 Å². The van der Waals surface area contributed by atoms with Crippen molar-refractivity contribution in [3.8, 4) is 5.75 Å². The number of carbonyl (C=O) groups excluding carboxylic acids is 9. The Bertz CT molecular complexity index is 3110. The first-order valence-electron chi connectivity index (χ1n) is 29.0. The van der Waals surface area contributed by atoms with Gasteiger partial charge in [0.05, 0.1) is 12.7 Å². The Morgan fingerprint density at radius 2 is 1.10 bits per heavy atom. The van der Waals surface area contributed by atoms with Gasteiger partial charge in [0, 0.05) is 30.3 Å². The summed E-state index contributed by atoms with van der Waals surface area (Å²) >= 11 is 3.38. The van der Waals surface area contributed by atoms with Gasteiger partial charge in [0.15, 0.2) is 0 Å². The molecule has 6 rings (SSSR count). The minimum Gasteiger partial charge on any atom is -0.444 e. The molecule has 8 N–H and O–H groups in total. The van der Waals surface area contributed by atoms with Crippen molar-refractivity contribution in [2.24, 2.45) is 11.8 Å². The average molecular weight is 1260 g/mol. The molecule has 0 spiro atoms. The first-order valence-corrected chi connectivity index (χ1v) is 29.7. The average Bonchev–Trinajstić information content (AvgIpc) is 3.65. The highest BCUT2D eigenvalue weighted by Gasteiger charge is 2.39. The van der Waals surface area contributed by atoms with E-state index in [4.69, 9.17) is 18.9 Å². The van der Waals surface area contributed by atoms with E-state index in [1.165, 1.54) is 12.1 Å². The molecule has 0 aromatic heterocycles. The van der Waals surface area contributed by atoms with Gasteiger partial charge in [-0.05, 0) is 91.6 Å². The molecule has 1 aliphatic heterocycles. The highest BCUT2D eigenvalue weighted by molar-refractivity contribution is 9.10. The van der Waals surface area contributed by atoms with E-state index in [9.17, 15) is 43.2 Å². The minimum atomic E-state index is -1.65. The molecule has 1 saturated heterocycles. The Kier molecular flexibility index (Phi) is 25.4. The zero-order valence-corrected chi connectivity index (χ0v) is 51.8. The molecule has 1 heterocycles. The van der Waals surface area contributed by atoms with Gasteiger partial charge in [0.2, 0.25) is 41.4 Å². The van der Waals surface area contributed by atoms with Crippen LogP contribution in [0.15, 0.2) is 144 Å². The van der Waals surface area contributed by atoms with Gasteiger partial charge >= 0.3 is 12.2 Å². The summed E-state index contributed by atoms with van der Waals surface area (Å²) in [5.74, 6) is -6.85. The van der Waals surface area contributed by atoms with Crippen LogP contribution in [0.2, 0.25) is 0 Å². The molecule has 9 atom stereocenters.